The highest BCUT2D eigenvalue weighted by molar-refractivity contribution is 5.27. The van der Waals surface area contributed by atoms with Gasteiger partial charge in [0.15, 0.2) is 0 Å². The van der Waals surface area contributed by atoms with E-state index in [9.17, 15) is 8.78 Å². The van der Waals surface area contributed by atoms with Gasteiger partial charge in [0, 0.05) is 19.2 Å². The van der Waals surface area contributed by atoms with Crippen LogP contribution in [0.2, 0.25) is 0 Å². The molecule has 0 aliphatic heterocycles. The molecule has 2 N–H and O–H groups in total. The number of alkyl halides is 2. The normalized spacial score (nSPS) is 14.3. The fraction of sp³-hybridized carbons (Fsp3) is 0.600. The van der Waals surface area contributed by atoms with Crippen LogP contribution in [0.15, 0.2) is 24.3 Å². The van der Waals surface area contributed by atoms with E-state index in [1.165, 1.54) is 0 Å². The molecule has 0 fully saturated rings. The van der Waals surface area contributed by atoms with Crippen LogP contribution >= 0.6 is 0 Å². The van der Waals surface area contributed by atoms with E-state index in [4.69, 9.17) is 5.11 Å². The predicted octanol–water partition coefficient (Wildman–Crippen LogP) is 2.83. The van der Waals surface area contributed by atoms with Crippen LogP contribution in [-0.2, 0) is 6.42 Å². The molecule has 0 heterocycles. The standard InChI is InChI=1S/C15H23F2NO2/c1-11(10-19)9-18-12(2)3-4-13-5-7-14(8-6-13)20-15(16)17/h5-8,11-12,15,18-19H,3-4,9-10H2,1-2H3. The number of halogens is 2. The summed E-state index contributed by atoms with van der Waals surface area (Å²) in [5.41, 5.74) is 1.09. The summed E-state index contributed by atoms with van der Waals surface area (Å²) < 4.78 is 28.3. The number of hydrogen-bond acceptors (Lipinski definition) is 3. The van der Waals surface area contributed by atoms with Crippen molar-refractivity contribution in [3.63, 3.8) is 0 Å². The van der Waals surface area contributed by atoms with Crippen LogP contribution in [0.25, 0.3) is 0 Å². The van der Waals surface area contributed by atoms with Crippen molar-refractivity contribution in [1.82, 2.24) is 5.32 Å². The third kappa shape index (κ3) is 6.82. The van der Waals surface area contributed by atoms with Crippen LogP contribution in [-0.4, -0.2) is 30.9 Å². The van der Waals surface area contributed by atoms with E-state index in [1.807, 2.05) is 6.92 Å². The molecule has 2 unspecified atom stereocenters. The van der Waals surface area contributed by atoms with Crippen LogP contribution in [0.1, 0.15) is 25.8 Å². The molecule has 0 spiro atoms. The molecule has 114 valence electrons. The molecule has 1 aromatic carbocycles. The summed E-state index contributed by atoms with van der Waals surface area (Å²) in [7, 11) is 0. The zero-order valence-electron chi connectivity index (χ0n) is 12.0. The van der Waals surface area contributed by atoms with Gasteiger partial charge in [0.1, 0.15) is 5.75 Å². The first-order valence-electron chi connectivity index (χ1n) is 6.89. The van der Waals surface area contributed by atoms with E-state index in [1.54, 1.807) is 24.3 Å². The predicted molar refractivity (Wildman–Crippen MR) is 75.1 cm³/mol. The van der Waals surface area contributed by atoms with Crippen molar-refractivity contribution in [2.24, 2.45) is 5.92 Å². The molecular weight excluding hydrogens is 264 g/mol. The largest absolute Gasteiger partial charge is 0.435 e. The molecular formula is C15H23F2NO2. The summed E-state index contributed by atoms with van der Waals surface area (Å²) >= 11 is 0. The molecule has 5 heteroatoms. The molecule has 1 rings (SSSR count). The van der Waals surface area contributed by atoms with Crippen molar-refractivity contribution < 1.29 is 18.6 Å². The second kappa shape index (κ2) is 8.87. The molecule has 0 aliphatic rings. The van der Waals surface area contributed by atoms with E-state index in [0.717, 1.165) is 24.9 Å². The van der Waals surface area contributed by atoms with Gasteiger partial charge in [-0.15, -0.1) is 0 Å². The fourth-order valence-electron chi connectivity index (χ4n) is 1.79. The van der Waals surface area contributed by atoms with Crippen LogP contribution in [0.4, 0.5) is 8.78 Å². The smallest absolute Gasteiger partial charge is 0.387 e. The molecule has 0 amide bonds. The second-order valence-corrected chi connectivity index (χ2v) is 5.16. The molecule has 0 bridgehead atoms. The third-order valence-electron chi connectivity index (χ3n) is 3.14. The quantitative estimate of drug-likeness (QED) is 0.734. The van der Waals surface area contributed by atoms with Gasteiger partial charge in [-0.05, 0) is 43.4 Å². The molecule has 0 aliphatic carbocycles. The number of hydrogen-bond donors (Lipinski definition) is 2. The Hall–Kier alpha value is -1.20. The van der Waals surface area contributed by atoms with Gasteiger partial charge in [0.25, 0.3) is 0 Å². The number of nitrogens with one attached hydrogen (secondary N) is 1. The lowest BCUT2D eigenvalue weighted by Crippen LogP contribution is -2.31. The second-order valence-electron chi connectivity index (χ2n) is 5.16. The molecule has 0 saturated heterocycles. The number of rotatable bonds is 9. The summed E-state index contributed by atoms with van der Waals surface area (Å²) in [4.78, 5) is 0. The van der Waals surface area contributed by atoms with Crippen LogP contribution in [0.5, 0.6) is 5.75 Å². The van der Waals surface area contributed by atoms with Gasteiger partial charge in [0.05, 0.1) is 0 Å². The molecule has 0 aromatic heterocycles. The van der Waals surface area contributed by atoms with Crippen LogP contribution in [0.3, 0.4) is 0 Å². The van der Waals surface area contributed by atoms with E-state index < -0.39 is 6.61 Å². The fourth-order valence-corrected chi connectivity index (χ4v) is 1.79. The Morgan fingerprint density at radius 3 is 2.40 bits per heavy atom. The van der Waals surface area contributed by atoms with E-state index in [0.29, 0.717) is 6.04 Å². The van der Waals surface area contributed by atoms with Crippen molar-refractivity contribution in [2.45, 2.75) is 39.3 Å². The minimum absolute atomic E-state index is 0.186. The van der Waals surface area contributed by atoms with Crippen molar-refractivity contribution in [3.8, 4) is 5.75 Å². The minimum atomic E-state index is -2.78. The SMILES string of the molecule is CC(CO)CNC(C)CCc1ccc(OC(F)F)cc1. The maximum absolute atomic E-state index is 12.0. The highest BCUT2D eigenvalue weighted by Crippen LogP contribution is 2.16. The lowest BCUT2D eigenvalue weighted by Gasteiger charge is -2.16. The van der Waals surface area contributed by atoms with Gasteiger partial charge < -0.3 is 15.2 Å². The Labute approximate surface area is 119 Å². The highest BCUT2D eigenvalue weighted by Gasteiger charge is 2.06. The number of ether oxygens (including phenoxy) is 1. The van der Waals surface area contributed by atoms with Crippen molar-refractivity contribution in [1.29, 1.82) is 0 Å². The molecule has 0 saturated carbocycles. The molecule has 3 nitrogen and oxygen atoms in total. The molecule has 20 heavy (non-hydrogen) atoms. The maximum atomic E-state index is 12.0. The van der Waals surface area contributed by atoms with Gasteiger partial charge in [-0.3, -0.25) is 0 Å². The number of aliphatic hydroxyl groups excluding tert-OH is 1. The lowest BCUT2D eigenvalue weighted by molar-refractivity contribution is -0.0498. The summed E-state index contributed by atoms with van der Waals surface area (Å²) in [5.74, 6) is 0.440. The average Bonchev–Trinajstić information content (AvgIpc) is 2.43. The van der Waals surface area contributed by atoms with E-state index >= 15 is 0 Å². The number of aliphatic hydroxyl groups is 1. The first kappa shape index (κ1) is 16.9. The van der Waals surface area contributed by atoms with Gasteiger partial charge >= 0.3 is 6.61 Å². The Morgan fingerprint density at radius 1 is 1.20 bits per heavy atom. The van der Waals surface area contributed by atoms with Gasteiger partial charge in [-0.2, -0.15) is 8.78 Å². The Bertz CT molecular complexity index is 371. The van der Waals surface area contributed by atoms with Crippen LogP contribution < -0.4 is 10.1 Å². The van der Waals surface area contributed by atoms with Gasteiger partial charge in [-0.1, -0.05) is 19.1 Å². The maximum Gasteiger partial charge on any atom is 0.387 e. The minimum Gasteiger partial charge on any atom is -0.435 e. The van der Waals surface area contributed by atoms with Crippen molar-refractivity contribution >= 4 is 0 Å². The highest BCUT2D eigenvalue weighted by atomic mass is 19.3. The Balaban J connectivity index is 2.30. The zero-order valence-corrected chi connectivity index (χ0v) is 12.0. The Morgan fingerprint density at radius 2 is 1.85 bits per heavy atom. The van der Waals surface area contributed by atoms with E-state index in [-0.39, 0.29) is 18.3 Å². The Kier molecular flexibility index (Phi) is 7.47. The first-order valence-corrected chi connectivity index (χ1v) is 6.89. The summed E-state index contributed by atoms with van der Waals surface area (Å²) in [6.07, 6.45) is 1.82. The molecule has 2 atom stereocenters. The lowest BCUT2D eigenvalue weighted by atomic mass is 10.1. The monoisotopic (exact) mass is 287 g/mol. The van der Waals surface area contributed by atoms with Crippen molar-refractivity contribution in [3.05, 3.63) is 29.8 Å². The summed E-state index contributed by atoms with van der Waals surface area (Å²) in [6, 6.07) is 7.09. The first-order chi connectivity index (χ1) is 9.51. The average molecular weight is 287 g/mol. The topological polar surface area (TPSA) is 41.5 Å². The summed E-state index contributed by atoms with van der Waals surface area (Å²) in [5, 5.41) is 12.3. The molecule has 0 radical (unpaired) electrons. The zero-order chi connectivity index (χ0) is 15.0. The van der Waals surface area contributed by atoms with Crippen molar-refractivity contribution in [2.75, 3.05) is 13.2 Å². The van der Waals surface area contributed by atoms with Gasteiger partial charge in [0.2, 0.25) is 0 Å². The summed E-state index contributed by atoms with van der Waals surface area (Å²) in [6.45, 7) is 2.28. The number of benzene rings is 1. The molecule has 1 aromatic rings. The van der Waals surface area contributed by atoms with Gasteiger partial charge in [-0.25, -0.2) is 0 Å². The number of aryl methyl sites for hydroxylation is 1. The van der Waals surface area contributed by atoms with Crippen LogP contribution in [0, 0.1) is 5.92 Å². The van der Waals surface area contributed by atoms with E-state index in [2.05, 4.69) is 17.0 Å². The third-order valence-corrected chi connectivity index (χ3v) is 3.14.